The number of fused-ring (bicyclic) bond motifs is 4. The Hall–Kier alpha value is -5.98. The largest absolute Gasteiger partial charge is 0.504 e. The highest BCUT2D eigenvalue weighted by Gasteiger charge is 2.66. The van der Waals surface area contributed by atoms with Gasteiger partial charge in [0.2, 0.25) is 11.8 Å². The Morgan fingerprint density at radius 2 is 1.39 bits per heavy atom. The molecule has 0 bridgehead atoms. The summed E-state index contributed by atoms with van der Waals surface area (Å²) in [5.41, 5.74) is -4.35. The van der Waals surface area contributed by atoms with Gasteiger partial charge in [0.15, 0.2) is 23.1 Å². The van der Waals surface area contributed by atoms with E-state index in [9.17, 15) is 41.0 Å². The number of imide groups is 1. The van der Waals surface area contributed by atoms with Crippen LogP contribution in [0.3, 0.4) is 0 Å². The van der Waals surface area contributed by atoms with Crippen molar-refractivity contribution in [3.8, 4) is 11.5 Å². The molecule has 0 spiro atoms. The summed E-state index contributed by atoms with van der Waals surface area (Å²) in [6.45, 7) is 0. The van der Waals surface area contributed by atoms with Crippen LogP contribution in [0.1, 0.15) is 46.6 Å². The monoisotopic (exact) mass is 771 g/mol. The van der Waals surface area contributed by atoms with Crippen molar-refractivity contribution in [3.63, 3.8) is 0 Å². The highest BCUT2D eigenvalue weighted by Crippen LogP contribution is 2.65. The number of amides is 2. The van der Waals surface area contributed by atoms with Gasteiger partial charge in [0, 0.05) is 23.0 Å². The van der Waals surface area contributed by atoms with Crippen LogP contribution in [-0.2, 0) is 36.9 Å². The SMILES string of the molecule is COc1cccc(C2C3=CCC4C(=O)N(c5cc(C(F)(F)F)cc(C(F)(F)F)c5)C(=O)C4C3CC3C(=O)C(c4ccccc4)=CC(=O)C32c2ccccc2)c1O. The zero-order valence-electron chi connectivity index (χ0n) is 29.4. The Bertz CT molecular complexity index is 2340. The van der Waals surface area contributed by atoms with Gasteiger partial charge in [0.05, 0.1) is 41.2 Å². The zero-order chi connectivity index (χ0) is 39.9. The normalized spacial score (nSPS) is 26.3. The van der Waals surface area contributed by atoms with E-state index in [-0.39, 0.29) is 41.5 Å². The van der Waals surface area contributed by atoms with Gasteiger partial charge in [-0.2, -0.15) is 26.3 Å². The highest BCUT2D eigenvalue weighted by molar-refractivity contribution is 6.32. The Morgan fingerprint density at radius 1 is 0.768 bits per heavy atom. The standard InChI is InChI=1S/C43H31F6NO6/c1-56-33-14-8-13-29(38(33)53)36-27-15-16-28-35(40(55)50(39(28)54)26-18-24(42(44,45)46)17-25(19-26)43(47,48)49)31(27)20-32-37(52)30(22-9-4-2-5-10-22)21-34(51)41(32,36)23-11-6-3-7-12-23/h2-15,17-19,21,28,31-32,35-36,53H,16,20H2,1H3. The van der Waals surface area contributed by atoms with Gasteiger partial charge in [-0.05, 0) is 60.2 Å². The second-order valence-electron chi connectivity index (χ2n) is 14.5. The summed E-state index contributed by atoms with van der Waals surface area (Å²) >= 11 is 0. The van der Waals surface area contributed by atoms with E-state index in [1.165, 1.54) is 19.3 Å². The molecule has 3 aliphatic carbocycles. The fraction of sp³-hybridized carbons (Fsp3) is 0.256. The van der Waals surface area contributed by atoms with Crippen molar-refractivity contribution in [1.82, 2.24) is 0 Å². The lowest BCUT2D eigenvalue weighted by Crippen LogP contribution is -2.58. The van der Waals surface area contributed by atoms with Crippen LogP contribution in [0, 0.1) is 23.7 Å². The number of Topliss-reactive ketones (excluding diaryl/α,β-unsaturated/α-hetero) is 1. The molecule has 2 fully saturated rings. The zero-order valence-corrected chi connectivity index (χ0v) is 29.4. The summed E-state index contributed by atoms with van der Waals surface area (Å²) in [6, 6.07) is 22.3. The van der Waals surface area contributed by atoms with Crippen LogP contribution in [0.25, 0.3) is 5.57 Å². The molecule has 4 aliphatic rings. The average molecular weight is 772 g/mol. The molecular formula is C43H31F6NO6. The molecule has 1 saturated heterocycles. The van der Waals surface area contributed by atoms with E-state index < -0.39 is 87.6 Å². The second kappa shape index (κ2) is 13.1. The van der Waals surface area contributed by atoms with Crippen molar-refractivity contribution in [2.75, 3.05) is 12.0 Å². The number of aromatic hydroxyl groups is 1. The Balaban J connectivity index is 1.35. The molecule has 8 rings (SSSR count). The Kier molecular flexibility index (Phi) is 8.62. The number of alkyl halides is 6. The van der Waals surface area contributed by atoms with Crippen LogP contribution in [0.15, 0.2) is 115 Å². The molecule has 1 heterocycles. The van der Waals surface area contributed by atoms with Gasteiger partial charge in [-0.25, -0.2) is 4.90 Å². The predicted molar refractivity (Wildman–Crippen MR) is 190 cm³/mol. The van der Waals surface area contributed by atoms with Crippen molar-refractivity contribution in [1.29, 1.82) is 0 Å². The number of nitrogens with zero attached hydrogens (tertiary/aromatic N) is 1. The summed E-state index contributed by atoms with van der Waals surface area (Å²) in [7, 11) is 1.34. The third kappa shape index (κ3) is 5.49. The number of rotatable bonds is 5. The quantitative estimate of drug-likeness (QED) is 0.124. The number of carbonyl (C=O) groups is 4. The molecule has 2 amide bonds. The Morgan fingerprint density at radius 3 is 2.00 bits per heavy atom. The minimum absolute atomic E-state index is 0.0529. The fourth-order valence-corrected chi connectivity index (χ4v) is 9.48. The third-order valence-corrected chi connectivity index (χ3v) is 11.8. The number of allylic oxidation sites excluding steroid dienone is 4. The van der Waals surface area contributed by atoms with E-state index in [1.54, 1.807) is 78.9 Å². The molecule has 13 heteroatoms. The minimum Gasteiger partial charge on any atom is -0.504 e. The molecule has 286 valence electrons. The van der Waals surface area contributed by atoms with Crippen LogP contribution >= 0.6 is 0 Å². The molecule has 1 saturated carbocycles. The lowest BCUT2D eigenvalue weighted by atomic mass is 9.44. The number of halogens is 6. The number of hydrogen-bond donors (Lipinski definition) is 1. The number of ether oxygens (including phenoxy) is 1. The fourth-order valence-electron chi connectivity index (χ4n) is 9.48. The molecule has 1 aliphatic heterocycles. The minimum atomic E-state index is -5.24. The molecule has 1 N–H and O–H groups in total. The van der Waals surface area contributed by atoms with Gasteiger partial charge in [-0.1, -0.05) is 84.4 Å². The molecule has 0 radical (unpaired) electrons. The summed E-state index contributed by atoms with van der Waals surface area (Å²) in [4.78, 5) is 59.2. The number of carbonyl (C=O) groups excluding carboxylic acids is 4. The van der Waals surface area contributed by atoms with E-state index in [1.807, 2.05) is 0 Å². The van der Waals surface area contributed by atoms with Crippen molar-refractivity contribution < 1.29 is 55.4 Å². The number of phenols is 1. The van der Waals surface area contributed by atoms with Crippen LogP contribution in [-0.4, -0.2) is 35.6 Å². The number of methoxy groups -OCH3 is 1. The van der Waals surface area contributed by atoms with Gasteiger partial charge in [0.25, 0.3) is 0 Å². The molecule has 56 heavy (non-hydrogen) atoms. The van der Waals surface area contributed by atoms with Crippen molar-refractivity contribution in [3.05, 3.63) is 143 Å². The summed E-state index contributed by atoms with van der Waals surface area (Å²) in [6.07, 6.45) is -7.86. The first-order valence-electron chi connectivity index (χ1n) is 17.7. The van der Waals surface area contributed by atoms with Crippen LogP contribution in [0.5, 0.6) is 11.5 Å². The van der Waals surface area contributed by atoms with Gasteiger partial charge in [-0.15, -0.1) is 0 Å². The van der Waals surface area contributed by atoms with Gasteiger partial charge < -0.3 is 9.84 Å². The predicted octanol–water partition coefficient (Wildman–Crippen LogP) is 8.47. The van der Waals surface area contributed by atoms with E-state index >= 15 is 9.59 Å². The van der Waals surface area contributed by atoms with Crippen LogP contribution in [0.4, 0.5) is 32.0 Å². The topological polar surface area (TPSA) is 101 Å². The smallest absolute Gasteiger partial charge is 0.416 e. The first-order valence-corrected chi connectivity index (χ1v) is 17.7. The maximum atomic E-state index is 15.1. The Labute approximate surface area is 315 Å². The average Bonchev–Trinajstić information content (AvgIpc) is 3.44. The highest BCUT2D eigenvalue weighted by atomic mass is 19.4. The van der Waals surface area contributed by atoms with Crippen LogP contribution in [0.2, 0.25) is 0 Å². The number of para-hydroxylation sites is 1. The van der Waals surface area contributed by atoms with Crippen molar-refractivity contribution >= 4 is 34.6 Å². The van der Waals surface area contributed by atoms with Gasteiger partial charge in [0.1, 0.15) is 0 Å². The van der Waals surface area contributed by atoms with Crippen molar-refractivity contribution in [2.24, 2.45) is 23.7 Å². The molecular weight excluding hydrogens is 740 g/mol. The first-order chi connectivity index (χ1) is 26.6. The number of ketones is 2. The van der Waals surface area contributed by atoms with Gasteiger partial charge in [-0.3, -0.25) is 19.2 Å². The molecule has 0 aromatic heterocycles. The van der Waals surface area contributed by atoms with Crippen LogP contribution < -0.4 is 9.64 Å². The molecule has 6 atom stereocenters. The van der Waals surface area contributed by atoms with E-state index in [0.717, 1.165) is 0 Å². The lowest BCUT2D eigenvalue weighted by Gasteiger charge is -2.55. The summed E-state index contributed by atoms with van der Waals surface area (Å²) < 4.78 is 89.0. The maximum Gasteiger partial charge on any atom is 0.416 e. The van der Waals surface area contributed by atoms with E-state index in [4.69, 9.17) is 4.74 Å². The van der Waals surface area contributed by atoms with E-state index in [2.05, 4.69) is 0 Å². The molecule has 4 aromatic carbocycles. The number of benzene rings is 4. The number of phenolic OH excluding ortho intramolecular Hbond substituents is 1. The summed E-state index contributed by atoms with van der Waals surface area (Å²) in [5, 5.41) is 11.7. The number of hydrogen-bond acceptors (Lipinski definition) is 6. The van der Waals surface area contributed by atoms with Gasteiger partial charge >= 0.3 is 12.4 Å². The number of anilines is 1. The first kappa shape index (κ1) is 37.0. The summed E-state index contributed by atoms with van der Waals surface area (Å²) in [5.74, 6) is -9.11. The van der Waals surface area contributed by atoms with Crippen molar-refractivity contribution in [2.45, 2.75) is 36.5 Å². The molecule has 4 aromatic rings. The second-order valence-corrected chi connectivity index (χ2v) is 14.5. The lowest BCUT2D eigenvalue weighted by molar-refractivity contribution is -0.143. The molecule has 6 unspecified atom stereocenters. The molecule has 7 nitrogen and oxygen atoms in total. The maximum absolute atomic E-state index is 15.1. The van der Waals surface area contributed by atoms with E-state index in [0.29, 0.717) is 33.7 Å². The third-order valence-electron chi connectivity index (χ3n) is 11.8.